The van der Waals surface area contributed by atoms with Gasteiger partial charge in [-0.3, -0.25) is 14.5 Å². The first-order valence-corrected chi connectivity index (χ1v) is 12.5. The predicted octanol–water partition coefficient (Wildman–Crippen LogP) is 5.28. The zero-order valence-corrected chi connectivity index (χ0v) is 20.6. The Morgan fingerprint density at radius 2 is 1.89 bits per heavy atom. The van der Waals surface area contributed by atoms with Gasteiger partial charge in [-0.2, -0.15) is 0 Å². The minimum Gasteiger partial charge on any atom is -0.497 e. The van der Waals surface area contributed by atoms with Crippen LogP contribution in [0.25, 0.3) is 0 Å². The maximum Gasteiger partial charge on any atom is 0.248 e. The molecule has 8 heteroatoms. The van der Waals surface area contributed by atoms with Crippen LogP contribution in [0.2, 0.25) is 0 Å². The van der Waals surface area contributed by atoms with Crippen LogP contribution in [0.4, 0.5) is 10.1 Å². The third-order valence-electron chi connectivity index (χ3n) is 6.20. The molecule has 2 amide bonds. The van der Waals surface area contributed by atoms with Gasteiger partial charge in [0.25, 0.3) is 0 Å². The Morgan fingerprint density at radius 1 is 1.09 bits per heavy atom. The normalized spacial score (nSPS) is 14.4. The Morgan fingerprint density at radius 3 is 2.54 bits per heavy atom. The summed E-state index contributed by atoms with van der Waals surface area (Å²) in [6.07, 6.45) is 3.96. The maximum atomic E-state index is 14.3. The number of carbonyl (C=O) groups excluding carboxylic acids is 2. The maximum absolute atomic E-state index is 14.3. The molecule has 2 aromatic carbocycles. The second kappa shape index (κ2) is 11.4. The van der Waals surface area contributed by atoms with Crippen molar-refractivity contribution in [2.24, 2.45) is 0 Å². The second-order valence-corrected chi connectivity index (χ2v) is 9.53. The van der Waals surface area contributed by atoms with E-state index < -0.39 is 11.9 Å². The Hall–Kier alpha value is -3.39. The summed E-state index contributed by atoms with van der Waals surface area (Å²) in [7, 11) is 3.05. The van der Waals surface area contributed by atoms with Crippen LogP contribution in [0.5, 0.6) is 11.5 Å². The van der Waals surface area contributed by atoms with Gasteiger partial charge in [-0.05, 0) is 54.6 Å². The summed E-state index contributed by atoms with van der Waals surface area (Å²) in [5, 5.41) is 5.02. The van der Waals surface area contributed by atoms with Gasteiger partial charge < -0.3 is 14.8 Å². The zero-order chi connectivity index (χ0) is 24.8. The highest BCUT2D eigenvalue weighted by Gasteiger charge is 2.36. The van der Waals surface area contributed by atoms with Gasteiger partial charge in [-0.25, -0.2) is 4.39 Å². The second-order valence-electron chi connectivity index (χ2n) is 8.50. The average Bonchev–Trinajstić information content (AvgIpc) is 3.56. The molecule has 0 radical (unpaired) electrons. The van der Waals surface area contributed by atoms with Crippen molar-refractivity contribution in [2.45, 2.75) is 44.2 Å². The predicted molar refractivity (Wildman–Crippen MR) is 135 cm³/mol. The number of ether oxygens (including phenoxy) is 2. The number of nitrogens with one attached hydrogen (secondary N) is 1. The van der Waals surface area contributed by atoms with E-state index in [9.17, 15) is 14.0 Å². The smallest absolute Gasteiger partial charge is 0.248 e. The number of amides is 2. The standard InChI is InChI=1S/C27H29FN2O4S/c1-33-21-12-13-23(24(16-21)34-2)26(27(32)29-19-8-3-4-9-19)30(20-10-5-7-18(28)15-20)25(31)17-22-11-6-14-35-22/h5-7,10-16,19,26H,3-4,8-9,17H2,1-2H3,(H,29,32)/t26-/m1/s1. The number of thiophene rings is 1. The number of rotatable bonds is 9. The summed E-state index contributed by atoms with van der Waals surface area (Å²) in [5.41, 5.74) is 0.795. The molecule has 4 rings (SSSR count). The highest BCUT2D eigenvalue weighted by Crippen LogP contribution is 2.37. The molecule has 1 saturated carbocycles. The van der Waals surface area contributed by atoms with Crippen molar-refractivity contribution in [3.63, 3.8) is 0 Å². The minimum absolute atomic E-state index is 0.0380. The summed E-state index contributed by atoms with van der Waals surface area (Å²) in [6.45, 7) is 0. The molecular formula is C27H29FN2O4S. The van der Waals surface area contributed by atoms with Crippen LogP contribution in [0.1, 0.15) is 42.2 Å². The fourth-order valence-electron chi connectivity index (χ4n) is 4.50. The van der Waals surface area contributed by atoms with Crippen LogP contribution in [0.3, 0.4) is 0 Å². The fourth-order valence-corrected chi connectivity index (χ4v) is 5.20. The number of anilines is 1. The van der Waals surface area contributed by atoms with Crippen molar-refractivity contribution < 1.29 is 23.5 Å². The molecule has 184 valence electrons. The third-order valence-corrected chi connectivity index (χ3v) is 7.08. The van der Waals surface area contributed by atoms with E-state index in [4.69, 9.17) is 9.47 Å². The summed E-state index contributed by atoms with van der Waals surface area (Å²) < 4.78 is 25.3. The molecule has 1 N–H and O–H groups in total. The van der Waals surface area contributed by atoms with Crippen molar-refractivity contribution in [2.75, 3.05) is 19.1 Å². The molecule has 1 aliphatic carbocycles. The van der Waals surface area contributed by atoms with Gasteiger partial charge in [0.1, 0.15) is 23.4 Å². The lowest BCUT2D eigenvalue weighted by molar-refractivity contribution is -0.127. The average molecular weight is 497 g/mol. The van der Waals surface area contributed by atoms with Crippen molar-refractivity contribution in [1.29, 1.82) is 0 Å². The van der Waals surface area contributed by atoms with Crippen molar-refractivity contribution in [3.05, 3.63) is 76.2 Å². The number of benzene rings is 2. The van der Waals surface area contributed by atoms with Gasteiger partial charge in [0.05, 0.1) is 20.6 Å². The summed E-state index contributed by atoms with van der Waals surface area (Å²) >= 11 is 1.46. The van der Waals surface area contributed by atoms with Gasteiger partial charge in [0.15, 0.2) is 0 Å². The van der Waals surface area contributed by atoms with Crippen LogP contribution >= 0.6 is 11.3 Å². The van der Waals surface area contributed by atoms with Gasteiger partial charge in [0.2, 0.25) is 11.8 Å². The van der Waals surface area contributed by atoms with Crippen molar-refractivity contribution >= 4 is 28.8 Å². The molecule has 0 bridgehead atoms. The van der Waals surface area contributed by atoms with E-state index in [2.05, 4.69) is 5.32 Å². The first-order chi connectivity index (χ1) is 17.0. The fraction of sp³-hybridized carbons (Fsp3) is 0.333. The molecule has 1 aliphatic rings. The Balaban J connectivity index is 1.83. The van der Waals surface area contributed by atoms with Crippen LogP contribution in [0.15, 0.2) is 60.0 Å². The quantitative estimate of drug-likeness (QED) is 0.438. The molecule has 0 saturated heterocycles. The molecule has 1 atom stereocenters. The number of hydrogen-bond donors (Lipinski definition) is 1. The molecule has 0 unspecified atom stereocenters. The minimum atomic E-state index is -1.06. The van der Waals surface area contributed by atoms with Crippen LogP contribution in [-0.2, 0) is 16.0 Å². The molecule has 3 aromatic rings. The van der Waals surface area contributed by atoms with E-state index in [-0.39, 0.29) is 24.3 Å². The topological polar surface area (TPSA) is 67.9 Å². The van der Waals surface area contributed by atoms with Crippen molar-refractivity contribution in [1.82, 2.24) is 5.32 Å². The molecule has 0 spiro atoms. The Kier molecular flexibility index (Phi) is 8.02. The summed E-state index contributed by atoms with van der Waals surface area (Å²) in [5.74, 6) is -0.177. The highest BCUT2D eigenvalue weighted by atomic mass is 32.1. The molecule has 0 aliphatic heterocycles. The van der Waals surface area contributed by atoms with Crippen molar-refractivity contribution in [3.8, 4) is 11.5 Å². The molecule has 35 heavy (non-hydrogen) atoms. The summed E-state index contributed by atoms with van der Waals surface area (Å²) in [4.78, 5) is 29.9. The van der Waals surface area contributed by atoms with E-state index >= 15 is 0 Å². The monoisotopic (exact) mass is 496 g/mol. The lowest BCUT2D eigenvalue weighted by atomic mass is 10.00. The molecular weight excluding hydrogens is 467 g/mol. The van der Waals surface area contributed by atoms with E-state index in [1.54, 1.807) is 31.4 Å². The third kappa shape index (κ3) is 5.82. The first-order valence-electron chi connectivity index (χ1n) is 11.6. The lowest BCUT2D eigenvalue weighted by Crippen LogP contribution is -2.47. The van der Waals surface area contributed by atoms with Crippen LogP contribution < -0.4 is 19.7 Å². The molecule has 6 nitrogen and oxygen atoms in total. The largest absolute Gasteiger partial charge is 0.497 e. The number of methoxy groups -OCH3 is 2. The van der Waals surface area contributed by atoms with Crippen LogP contribution in [0, 0.1) is 5.82 Å². The lowest BCUT2D eigenvalue weighted by Gasteiger charge is -2.33. The number of halogens is 1. The van der Waals surface area contributed by atoms with E-state index in [1.807, 2.05) is 17.5 Å². The van der Waals surface area contributed by atoms with Gasteiger partial charge in [-0.15, -0.1) is 11.3 Å². The van der Waals surface area contributed by atoms with Gasteiger partial charge >= 0.3 is 0 Å². The van der Waals surface area contributed by atoms with E-state index in [0.717, 1.165) is 30.6 Å². The Bertz CT molecular complexity index is 1160. The highest BCUT2D eigenvalue weighted by molar-refractivity contribution is 7.10. The Labute approximate surface area is 208 Å². The number of carbonyl (C=O) groups is 2. The first kappa shape index (κ1) is 24.7. The SMILES string of the molecule is COc1ccc([C@H](C(=O)NC2CCCC2)N(C(=O)Cc2cccs2)c2cccc(F)c2)c(OC)c1. The molecule has 1 heterocycles. The van der Waals surface area contributed by atoms with Gasteiger partial charge in [0, 0.05) is 28.2 Å². The summed E-state index contributed by atoms with van der Waals surface area (Å²) in [6, 6.07) is 13.6. The molecule has 1 aromatic heterocycles. The molecule has 1 fully saturated rings. The van der Waals surface area contributed by atoms with E-state index in [0.29, 0.717) is 22.7 Å². The zero-order valence-electron chi connectivity index (χ0n) is 19.8. The van der Waals surface area contributed by atoms with E-state index in [1.165, 1.54) is 41.5 Å². The number of nitrogens with zero attached hydrogens (tertiary/aromatic N) is 1. The van der Waals surface area contributed by atoms with Gasteiger partial charge in [-0.1, -0.05) is 25.0 Å². The van der Waals surface area contributed by atoms with Crippen LogP contribution in [-0.4, -0.2) is 32.1 Å². The number of hydrogen-bond acceptors (Lipinski definition) is 5.